The Morgan fingerprint density at radius 3 is 2.68 bits per heavy atom. The average molecular weight is 336 g/mol. The van der Waals surface area contributed by atoms with Gasteiger partial charge in [-0.3, -0.25) is 0 Å². The third-order valence-electron chi connectivity index (χ3n) is 3.95. The van der Waals surface area contributed by atoms with Crippen molar-refractivity contribution in [3.8, 4) is 10.4 Å². The molecule has 100 valence electrons. The maximum absolute atomic E-state index is 3.53. The number of likely N-dealkylation sites (N-methyl/N-ethyl adjacent to an activating group) is 1. The Morgan fingerprint density at radius 1 is 1.26 bits per heavy atom. The summed E-state index contributed by atoms with van der Waals surface area (Å²) in [6.45, 7) is 3.28. The van der Waals surface area contributed by atoms with Crippen molar-refractivity contribution < 1.29 is 0 Å². The van der Waals surface area contributed by atoms with Crippen molar-refractivity contribution in [1.82, 2.24) is 5.32 Å². The van der Waals surface area contributed by atoms with E-state index in [4.69, 9.17) is 0 Å². The number of aryl methyl sites for hydroxylation is 1. The fraction of sp³-hybridized carbons (Fsp3) is 0.375. The Bertz CT molecular complexity index is 599. The molecular weight excluding hydrogens is 318 g/mol. The average Bonchev–Trinajstić information content (AvgIpc) is 2.99. The molecule has 1 N–H and O–H groups in total. The van der Waals surface area contributed by atoms with Gasteiger partial charge in [0.1, 0.15) is 0 Å². The molecule has 0 unspecified atom stereocenters. The molecule has 1 saturated carbocycles. The summed E-state index contributed by atoms with van der Waals surface area (Å²) in [6.07, 6.45) is 2.65. The number of halogens is 1. The van der Waals surface area contributed by atoms with Gasteiger partial charge in [-0.15, -0.1) is 11.3 Å². The summed E-state index contributed by atoms with van der Waals surface area (Å²) < 4.78 is 1.15. The van der Waals surface area contributed by atoms with Crippen molar-refractivity contribution in [2.75, 3.05) is 13.6 Å². The van der Waals surface area contributed by atoms with Crippen LogP contribution in [0.2, 0.25) is 0 Å². The molecule has 1 heterocycles. The quantitative estimate of drug-likeness (QED) is 0.851. The van der Waals surface area contributed by atoms with Crippen LogP contribution in [0.1, 0.15) is 23.3 Å². The summed E-state index contributed by atoms with van der Waals surface area (Å²) in [7, 11) is 2.05. The predicted molar refractivity (Wildman–Crippen MR) is 87.0 cm³/mol. The third-order valence-corrected chi connectivity index (χ3v) is 5.81. The van der Waals surface area contributed by atoms with Crippen LogP contribution in [-0.4, -0.2) is 13.6 Å². The minimum absolute atomic E-state index is 0.431. The molecule has 0 aliphatic heterocycles. The Kier molecular flexibility index (Phi) is 3.54. The van der Waals surface area contributed by atoms with Crippen LogP contribution >= 0.6 is 27.3 Å². The van der Waals surface area contributed by atoms with E-state index in [9.17, 15) is 0 Å². The van der Waals surface area contributed by atoms with Crippen molar-refractivity contribution in [2.45, 2.75) is 25.2 Å². The number of hydrogen-bond donors (Lipinski definition) is 1. The van der Waals surface area contributed by atoms with Gasteiger partial charge in [-0.1, -0.05) is 22.0 Å². The van der Waals surface area contributed by atoms with Gasteiger partial charge in [0.05, 0.1) is 0 Å². The van der Waals surface area contributed by atoms with Crippen molar-refractivity contribution in [1.29, 1.82) is 0 Å². The number of benzene rings is 1. The van der Waals surface area contributed by atoms with Crippen LogP contribution in [0.5, 0.6) is 0 Å². The van der Waals surface area contributed by atoms with E-state index in [1.54, 1.807) is 4.88 Å². The first kappa shape index (κ1) is 13.3. The third kappa shape index (κ3) is 2.51. The van der Waals surface area contributed by atoms with Crippen molar-refractivity contribution in [3.05, 3.63) is 45.2 Å². The summed E-state index contributed by atoms with van der Waals surface area (Å²) in [4.78, 5) is 2.93. The monoisotopic (exact) mass is 335 g/mol. The molecule has 3 heteroatoms. The molecule has 3 rings (SSSR count). The zero-order valence-electron chi connectivity index (χ0n) is 11.3. The molecular formula is C16H18BrNS. The van der Waals surface area contributed by atoms with Gasteiger partial charge in [0.25, 0.3) is 0 Å². The van der Waals surface area contributed by atoms with Gasteiger partial charge in [0.15, 0.2) is 0 Å². The predicted octanol–water partition coefficient (Wildman–Crippen LogP) is 4.74. The molecule has 0 radical (unpaired) electrons. The molecule has 1 fully saturated rings. The van der Waals surface area contributed by atoms with E-state index >= 15 is 0 Å². The van der Waals surface area contributed by atoms with E-state index in [0.717, 1.165) is 11.0 Å². The van der Waals surface area contributed by atoms with Gasteiger partial charge in [0, 0.05) is 26.2 Å². The van der Waals surface area contributed by atoms with Crippen LogP contribution in [0.25, 0.3) is 10.4 Å². The Labute approximate surface area is 127 Å². The molecule has 0 bridgehead atoms. The maximum Gasteiger partial charge on any atom is 0.0348 e. The highest BCUT2D eigenvalue weighted by Crippen LogP contribution is 2.51. The molecule has 1 aromatic heterocycles. The molecule has 0 spiro atoms. The minimum Gasteiger partial charge on any atom is -0.319 e. The fourth-order valence-electron chi connectivity index (χ4n) is 2.67. The zero-order chi connectivity index (χ0) is 13.5. The van der Waals surface area contributed by atoms with Crippen LogP contribution in [0.3, 0.4) is 0 Å². The highest BCUT2D eigenvalue weighted by atomic mass is 79.9. The topological polar surface area (TPSA) is 12.0 Å². The molecule has 1 nitrogen and oxygen atoms in total. The van der Waals surface area contributed by atoms with E-state index < -0.39 is 0 Å². The van der Waals surface area contributed by atoms with E-state index in [2.05, 4.69) is 58.5 Å². The lowest BCUT2D eigenvalue weighted by molar-refractivity contribution is 0.634. The Morgan fingerprint density at radius 2 is 2.05 bits per heavy atom. The number of thiophene rings is 1. The second-order valence-corrected chi connectivity index (χ2v) is 7.43. The number of hydrogen-bond acceptors (Lipinski definition) is 2. The largest absolute Gasteiger partial charge is 0.319 e. The standard InChI is InChI=1S/C16H18BrNS/c1-11-9-12(17)3-4-13(11)14-5-6-15(19-14)16(7-8-16)10-18-2/h3-6,9,18H,7-8,10H2,1-2H3. The second kappa shape index (κ2) is 5.04. The lowest BCUT2D eigenvalue weighted by Gasteiger charge is -2.11. The first-order valence-electron chi connectivity index (χ1n) is 6.66. The van der Waals surface area contributed by atoms with Gasteiger partial charge >= 0.3 is 0 Å². The molecule has 1 aromatic carbocycles. The second-order valence-electron chi connectivity index (χ2n) is 5.43. The van der Waals surface area contributed by atoms with Crippen molar-refractivity contribution in [3.63, 3.8) is 0 Å². The molecule has 1 aliphatic carbocycles. The summed E-state index contributed by atoms with van der Waals surface area (Å²) >= 11 is 5.49. The number of rotatable bonds is 4. The molecule has 19 heavy (non-hydrogen) atoms. The van der Waals surface area contributed by atoms with Gasteiger partial charge in [0.2, 0.25) is 0 Å². The lowest BCUT2D eigenvalue weighted by Crippen LogP contribution is -2.22. The van der Waals surface area contributed by atoms with E-state index in [0.29, 0.717) is 5.41 Å². The maximum atomic E-state index is 3.53. The SMILES string of the molecule is CNCC1(c2ccc(-c3ccc(Br)cc3C)s2)CC1. The van der Waals surface area contributed by atoms with Gasteiger partial charge in [-0.05, 0) is 62.2 Å². The highest BCUT2D eigenvalue weighted by Gasteiger charge is 2.44. The van der Waals surface area contributed by atoms with Crippen LogP contribution in [0.4, 0.5) is 0 Å². The van der Waals surface area contributed by atoms with E-state index in [1.807, 2.05) is 18.4 Å². The van der Waals surface area contributed by atoms with Gasteiger partial charge in [-0.25, -0.2) is 0 Å². The highest BCUT2D eigenvalue weighted by molar-refractivity contribution is 9.10. The summed E-state index contributed by atoms with van der Waals surface area (Å²) in [6, 6.07) is 11.1. The normalized spacial score (nSPS) is 16.6. The fourth-order valence-corrected chi connectivity index (χ4v) is 4.49. The summed E-state index contributed by atoms with van der Waals surface area (Å²) in [5.41, 5.74) is 3.13. The smallest absolute Gasteiger partial charge is 0.0348 e. The van der Waals surface area contributed by atoms with E-state index in [1.165, 1.54) is 28.8 Å². The molecule has 0 amide bonds. The minimum atomic E-state index is 0.431. The first-order valence-corrected chi connectivity index (χ1v) is 8.27. The van der Waals surface area contributed by atoms with Crippen LogP contribution in [0, 0.1) is 6.92 Å². The zero-order valence-corrected chi connectivity index (χ0v) is 13.7. The Balaban J connectivity index is 1.93. The molecule has 0 atom stereocenters. The van der Waals surface area contributed by atoms with Gasteiger partial charge < -0.3 is 5.32 Å². The van der Waals surface area contributed by atoms with Crippen molar-refractivity contribution in [2.24, 2.45) is 0 Å². The van der Waals surface area contributed by atoms with Crippen LogP contribution in [0.15, 0.2) is 34.8 Å². The Hall–Kier alpha value is -0.640. The first-order chi connectivity index (χ1) is 9.14. The number of nitrogens with one attached hydrogen (secondary N) is 1. The van der Waals surface area contributed by atoms with Crippen molar-refractivity contribution >= 4 is 27.3 Å². The lowest BCUT2D eigenvalue weighted by atomic mass is 10.0. The van der Waals surface area contributed by atoms with Gasteiger partial charge in [-0.2, -0.15) is 0 Å². The van der Waals surface area contributed by atoms with E-state index in [-0.39, 0.29) is 0 Å². The summed E-state index contributed by atoms with van der Waals surface area (Å²) in [5.74, 6) is 0. The molecule has 1 aliphatic rings. The molecule has 2 aromatic rings. The van der Waals surface area contributed by atoms with Crippen LogP contribution < -0.4 is 5.32 Å². The van der Waals surface area contributed by atoms with Crippen LogP contribution in [-0.2, 0) is 5.41 Å². The summed E-state index contributed by atoms with van der Waals surface area (Å²) in [5, 5.41) is 3.34. The molecule has 0 saturated heterocycles.